The van der Waals surface area contributed by atoms with E-state index in [-0.39, 0.29) is 24.9 Å². The molecular formula is C38H51ClN4O8. The van der Waals surface area contributed by atoms with Gasteiger partial charge in [-0.1, -0.05) is 43.5 Å². The second-order valence-electron chi connectivity index (χ2n) is 14.1. The lowest BCUT2D eigenvalue weighted by Crippen LogP contribution is -2.57. The number of hydrogen-bond acceptors (Lipinski definition) is 9. The molecule has 1 aromatic carbocycles. The Bertz CT molecular complexity index is 1630. The van der Waals surface area contributed by atoms with Crippen LogP contribution < -0.4 is 20.1 Å². The molecule has 2 aromatic rings. The third kappa shape index (κ3) is 9.32. The van der Waals surface area contributed by atoms with Crippen LogP contribution in [0.3, 0.4) is 0 Å². The number of carbonyl (C=O) groups excluding carboxylic acids is 4. The molecule has 0 bridgehead atoms. The molecular weight excluding hydrogens is 676 g/mol. The Morgan fingerprint density at radius 3 is 2.53 bits per heavy atom. The van der Waals surface area contributed by atoms with Crippen LogP contribution in [0.15, 0.2) is 49.7 Å². The number of hydrogen-bond donors (Lipinski definition) is 2. The van der Waals surface area contributed by atoms with Gasteiger partial charge in [0.05, 0.1) is 26.5 Å². The van der Waals surface area contributed by atoms with Crippen LogP contribution in [0, 0.1) is 11.8 Å². The van der Waals surface area contributed by atoms with Crippen molar-refractivity contribution < 1.29 is 38.1 Å². The smallest absolute Gasteiger partial charge is 0.408 e. The van der Waals surface area contributed by atoms with Crippen LogP contribution in [0.4, 0.5) is 4.79 Å². The molecule has 4 rings (SSSR count). The first-order valence-electron chi connectivity index (χ1n) is 17.5. The highest BCUT2D eigenvalue weighted by atomic mass is 35.5. The van der Waals surface area contributed by atoms with Crippen molar-refractivity contribution in [2.45, 2.75) is 102 Å². The number of benzene rings is 1. The molecule has 1 saturated carbocycles. The van der Waals surface area contributed by atoms with Crippen LogP contribution >= 0.6 is 11.6 Å². The third-order valence-corrected chi connectivity index (χ3v) is 9.52. The Kier molecular flexibility index (Phi) is 13.0. The summed E-state index contributed by atoms with van der Waals surface area (Å²) in [7, 11) is 1.54. The normalized spacial score (nSPS) is 23.2. The Balaban J connectivity index is 1.70. The number of ether oxygens (including phenoxy) is 4. The maximum Gasteiger partial charge on any atom is 0.408 e. The predicted molar refractivity (Wildman–Crippen MR) is 195 cm³/mol. The van der Waals surface area contributed by atoms with Crippen LogP contribution in [0.25, 0.3) is 10.8 Å². The number of unbranched alkanes of at least 4 members (excludes halogenated alkanes) is 3. The lowest BCUT2D eigenvalue weighted by molar-refractivity contribution is -0.150. The maximum absolute atomic E-state index is 14.6. The van der Waals surface area contributed by atoms with Gasteiger partial charge < -0.3 is 34.5 Å². The van der Waals surface area contributed by atoms with Crippen molar-refractivity contribution in [1.82, 2.24) is 20.5 Å². The van der Waals surface area contributed by atoms with Crippen molar-refractivity contribution in [3.63, 3.8) is 0 Å². The van der Waals surface area contributed by atoms with Gasteiger partial charge in [-0.15, -0.1) is 13.2 Å². The third-order valence-electron chi connectivity index (χ3n) is 9.28. The van der Waals surface area contributed by atoms with Gasteiger partial charge in [-0.25, -0.2) is 14.6 Å². The second-order valence-corrected chi connectivity index (χ2v) is 14.6. The molecule has 2 N–H and O–H groups in total. The summed E-state index contributed by atoms with van der Waals surface area (Å²) in [6.45, 7) is 16.4. The molecule has 3 amide bonds. The van der Waals surface area contributed by atoms with Gasteiger partial charge in [0.2, 0.25) is 17.7 Å². The van der Waals surface area contributed by atoms with Crippen LogP contribution in [0.2, 0.25) is 5.02 Å². The van der Waals surface area contributed by atoms with Gasteiger partial charge in [-0.2, -0.15) is 0 Å². The molecule has 2 heterocycles. The molecule has 0 unspecified atom stereocenters. The number of alkyl carbamates (subject to hydrolysis) is 1. The number of methoxy groups -OCH3 is 1. The number of pyridine rings is 1. The zero-order valence-electron chi connectivity index (χ0n) is 30.5. The minimum absolute atomic E-state index is 0.00584. The molecule has 1 aliphatic carbocycles. The van der Waals surface area contributed by atoms with Crippen LogP contribution in [0.5, 0.6) is 11.6 Å². The summed E-state index contributed by atoms with van der Waals surface area (Å²) < 4.78 is 22.8. The van der Waals surface area contributed by atoms with Gasteiger partial charge in [0.15, 0.2) is 0 Å². The molecule has 51 heavy (non-hydrogen) atoms. The fraction of sp³-hybridized carbons (Fsp3) is 0.553. The number of likely N-dealkylation sites (tertiary alicyclic amines) is 1. The van der Waals surface area contributed by atoms with Gasteiger partial charge in [0.1, 0.15) is 35.1 Å². The highest BCUT2D eigenvalue weighted by Crippen LogP contribution is 2.46. The zero-order valence-corrected chi connectivity index (χ0v) is 31.2. The molecule has 0 spiro atoms. The van der Waals surface area contributed by atoms with E-state index in [0.717, 1.165) is 24.6 Å². The molecule has 1 aliphatic heterocycles. The first kappa shape index (κ1) is 39.5. The number of nitrogens with zero attached hydrogens (tertiary/aromatic N) is 2. The van der Waals surface area contributed by atoms with E-state index in [2.05, 4.69) is 28.8 Å². The van der Waals surface area contributed by atoms with Crippen molar-refractivity contribution in [2.75, 3.05) is 20.3 Å². The second kappa shape index (κ2) is 16.8. The fourth-order valence-corrected chi connectivity index (χ4v) is 6.73. The molecule has 13 heteroatoms. The van der Waals surface area contributed by atoms with E-state index in [9.17, 15) is 19.2 Å². The van der Waals surface area contributed by atoms with Gasteiger partial charge in [-0.05, 0) is 71.6 Å². The van der Waals surface area contributed by atoms with Crippen molar-refractivity contribution in [3.8, 4) is 11.6 Å². The Labute approximate surface area is 305 Å². The van der Waals surface area contributed by atoms with Crippen LogP contribution in [-0.2, 0) is 23.9 Å². The van der Waals surface area contributed by atoms with E-state index < -0.39 is 59.1 Å². The lowest BCUT2D eigenvalue weighted by Gasteiger charge is -2.31. The molecule has 1 aromatic heterocycles. The average Bonchev–Trinajstić information content (AvgIpc) is 3.69. The van der Waals surface area contributed by atoms with Gasteiger partial charge in [0.25, 0.3) is 0 Å². The fourth-order valence-electron chi connectivity index (χ4n) is 6.55. The largest absolute Gasteiger partial charge is 0.494 e. The summed E-state index contributed by atoms with van der Waals surface area (Å²) in [5, 5.41) is 7.46. The topological polar surface area (TPSA) is 145 Å². The van der Waals surface area contributed by atoms with Crippen molar-refractivity contribution in [3.05, 3.63) is 54.7 Å². The highest BCUT2D eigenvalue weighted by molar-refractivity contribution is 6.31. The Hall–Kier alpha value is -4.32. The van der Waals surface area contributed by atoms with Gasteiger partial charge in [0, 0.05) is 27.6 Å². The number of allylic oxidation sites excluding steroid dienone is 1. The molecule has 2 aliphatic rings. The minimum atomic E-state index is -1.29. The molecule has 0 radical (unpaired) electrons. The zero-order chi connectivity index (χ0) is 37.5. The highest BCUT2D eigenvalue weighted by Gasteiger charge is 2.62. The van der Waals surface area contributed by atoms with Crippen molar-refractivity contribution >= 4 is 46.3 Å². The Morgan fingerprint density at radius 1 is 1.16 bits per heavy atom. The monoisotopic (exact) mass is 726 g/mol. The summed E-state index contributed by atoms with van der Waals surface area (Å²) in [4.78, 5) is 60.9. The number of amides is 3. The first-order valence-corrected chi connectivity index (χ1v) is 17.9. The number of esters is 1. The van der Waals surface area contributed by atoms with Gasteiger partial charge in [-0.3, -0.25) is 9.59 Å². The first-order chi connectivity index (χ1) is 24.2. The summed E-state index contributed by atoms with van der Waals surface area (Å²) in [6, 6.07) is 3.18. The molecule has 12 nitrogen and oxygen atoms in total. The van der Waals surface area contributed by atoms with E-state index in [1.165, 1.54) is 11.1 Å². The van der Waals surface area contributed by atoms with Crippen LogP contribution in [-0.4, -0.2) is 83.3 Å². The molecule has 278 valence electrons. The lowest BCUT2D eigenvalue weighted by atomic mass is 9.98. The summed E-state index contributed by atoms with van der Waals surface area (Å²) in [6.07, 6.45) is 7.33. The molecule has 1 saturated heterocycles. The number of nitrogens with one attached hydrogen (secondary N) is 2. The number of fused-ring (bicyclic) bond motifs is 1. The standard InChI is InChI=1S/C38H51ClN4O8/c1-9-12-13-14-15-16-28(41-36(47)51-37(5,6)7)34(45)43-22-30(50-33-27-19-25(39)17-18-26(27)29(48-8)21-40-33)23(4)31(43)32(44)42-38(20-24(38)10-2)35(46)49-11-3/h9-10,17-19,21,23-24,28,30-31H,1-2,11-16,20,22H2,3-8H3,(H,41,47)(H,42,44)/t23-,24-,28+,30+,31+,38-/m1/s1. The minimum Gasteiger partial charge on any atom is -0.494 e. The number of halogens is 1. The number of aromatic nitrogens is 1. The van der Waals surface area contributed by atoms with Crippen molar-refractivity contribution in [1.29, 1.82) is 0 Å². The molecule has 2 fully saturated rings. The summed E-state index contributed by atoms with van der Waals surface area (Å²) in [5.41, 5.74) is -2.08. The van der Waals surface area contributed by atoms with Crippen molar-refractivity contribution in [2.24, 2.45) is 11.8 Å². The van der Waals surface area contributed by atoms with E-state index in [1.807, 2.05) is 6.08 Å². The number of rotatable bonds is 16. The van der Waals surface area contributed by atoms with Crippen LogP contribution in [0.1, 0.15) is 73.1 Å². The van der Waals surface area contributed by atoms with E-state index >= 15 is 0 Å². The Morgan fingerprint density at radius 2 is 1.90 bits per heavy atom. The SMILES string of the molecule is C=CCCCCC[C@H](NC(=O)OC(C)(C)C)C(=O)N1C[C@H](Oc2ncc(OC)c3ccc(Cl)cc23)[C@@H](C)[C@H]1C(=O)N[C@]1(C(=O)OCC)C[C@H]1C=C. The van der Waals surface area contributed by atoms with E-state index in [1.54, 1.807) is 66.0 Å². The quantitative estimate of drug-likeness (QED) is 0.118. The summed E-state index contributed by atoms with van der Waals surface area (Å²) in [5.74, 6) is -1.71. The van der Waals surface area contributed by atoms with E-state index in [0.29, 0.717) is 35.4 Å². The number of carbonyl (C=O) groups is 4. The molecule has 6 atom stereocenters. The average molecular weight is 727 g/mol. The predicted octanol–water partition coefficient (Wildman–Crippen LogP) is 6.14. The van der Waals surface area contributed by atoms with E-state index in [4.69, 9.17) is 30.5 Å². The van der Waals surface area contributed by atoms with Gasteiger partial charge >= 0.3 is 12.1 Å². The maximum atomic E-state index is 14.6. The summed E-state index contributed by atoms with van der Waals surface area (Å²) >= 11 is 6.36.